The van der Waals surface area contributed by atoms with Crippen LogP contribution < -0.4 is 4.90 Å². The predicted octanol–water partition coefficient (Wildman–Crippen LogP) is 4.10. The van der Waals surface area contributed by atoms with Gasteiger partial charge in [-0.25, -0.2) is 0 Å². The predicted molar refractivity (Wildman–Crippen MR) is 108 cm³/mol. The molecule has 0 amide bonds. The van der Waals surface area contributed by atoms with Crippen molar-refractivity contribution < 1.29 is 9.90 Å². The van der Waals surface area contributed by atoms with Gasteiger partial charge in [0.05, 0.1) is 6.04 Å². The maximum atomic E-state index is 10.7. The molecule has 2 heterocycles. The number of carboxylic acid groups (broad SMARTS) is 1. The van der Waals surface area contributed by atoms with E-state index in [0.717, 1.165) is 51.9 Å². The van der Waals surface area contributed by atoms with Gasteiger partial charge in [-0.05, 0) is 48.6 Å². The minimum atomic E-state index is -0.683. The van der Waals surface area contributed by atoms with Gasteiger partial charge < -0.3 is 10.0 Å². The number of hydrogen-bond donors (Lipinski definition) is 1. The molecule has 1 atom stereocenters. The summed E-state index contributed by atoms with van der Waals surface area (Å²) in [4.78, 5) is 15.8. The summed E-state index contributed by atoms with van der Waals surface area (Å²) in [6.07, 6.45) is 4.17. The molecule has 2 aliphatic rings. The lowest BCUT2D eigenvalue weighted by molar-refractivity contribution is -0.137. The molecule has 4 nitrogen and oxygen atoms in total. The highest BCUT2D eigenvalue weighted by Gasteiger charge is 2.32. The maximum absolute atomic E-state index is 10.7. The van der Waals surface area contributed by atoms with Gasteiger partial charge >= 0.3 is 5.97 Å². The second kappa shape index (κ2) is 8.13. The van der Waals surface area contributed by atoms with E-state index in [1.807, 2.05) is 0 Å². The van der Waals surface area contributed by atoms with Crippen molar-refractivity contribution in [2.45, 2.75) is 38.1 Å². The maximum Gasteiger partial charge on any atom is 0.303 e. The third-order valence-electron chi connectivity index (χ3n) is 5.93. The summed E-state index contributed by atoms with van der Waals surface area (Å²) in [6.45, 7) is 4.23. The van der Waals surface area contributed by atoms with E-state index in [0.29, 0.717) is 12.5 Å². The third kappa shape index (κ3) is 4.01. The Morgan fingerprint density at radius 2 is 1.74 bits per heavy atom. The Balaban J connectivity index is 1.49. The summed E-state index contributed by atoms with van der Waals surface area (Å²) in [5.41, 5.74) is 5.72. The number of anilines is 1. The Bertz CT molecular complexity index is 804. The number of nitrogens with zero attached hydrogens (tertiary/aromatic N) is 2. The molecule has 1 N–H and O–H groups in total. The van der Waals surface area contributed by atoms with Gasteiger partial charge in [0.2, 0.25) is 0 Å². The van der Waals surface area contributed by atoms with Crippen LogP contribution in [0.1, 0.15) is 48.4 Å². The minimum Gasteiger partial charge on any atom is -0.481 e. The first-order chi connectivity index (χ1) is 13.2. The second-order valence-corrected chi connectivity index (χ2v) is 7.72. The molecule has 0 spiro atoms. The van der Waals surface area contributed by atoms with Crippen molar-refractivity contribution in [3.8, 4) is 0 Å². The zero-order valence-corrected chi connectivity index (χ0v) is 15.8. The van der Waals surface area contributed by atoms with Crippen molar-refractivity contribution in [1.29, 1.82) is 0 Å². The van der Waals surface area contributed by atoms with Crippen molar-refractivity contribution in [1.82, 2.24) is 4.90 Å². The van der Waals surface area contributed by atoms with Crippen LogP contribution in [-0.2, 0) is 11.2 Å². The summed E-state index contributed by atoms with van der Waals surface area (Å²) in [5.74, 6) is -0.683. The average Bonchev–Trinajstić information content (AvgIpc) is 2.82. The monoisotopic (exact) mass is 364 g/mol. The van der Waals surface area contributed by atoms with Gasteiger partial charge in [-0.15, -0.1) is 0 Å². The number of fused-ring (bicyclic) bond motifs is 5. The molecule has 2 aromatic rings. The summed E-state index contributed by atoms with van der Waals surface area (Å²) in [5, 5.41) is 8.77. The number of hydrogen-bond acceptors (Lipinski definition) is 3. The summed E-state index contributed by atoms with van der Waals surface area (Å²) in [7, 11) is 0. The Kier molecular flexibility index (Phi) is 5.44. The number of carboxylic acids is 1. The van der Waals surface area contributed by atoms with Gasteiger partial charge in [0, 0.05) is 31.7 Å². The molecule has 1 saturated heterocycles. The highest BCUT2D eigenvalue weighted by Crippen LogP contribution is 2.39. The van der Waals surface area contributed by atoms with Crippen LogP contribution in [0.2, 0.25) is 0 Å². The number of para-hydroxylation sites is 1. The zero-order chi connectivity index (χ0) is 18.6. The van der Waals surface area contributed by atoms with E-state index in [-0.39, 0.29) is 0 Å². The summed E-state index contributed by atoms with van der Waals surface area (Å²) in [6, 6.07) is 18.1. The van der Waals surface area contributed by atoms with Crippen molar-refractivity contribution >= 4 is 11.7 Å². The fourth-order valence-electron chi connectivity index (χ4n) is 4.55. The lowest BCUT2D eigenvalue weighted by atomic mass is 9.96. The molecule has 2 aliphatic heterocycles. The molecular weight excluding hydrogens is 336 g/mol. The smallest absolute Gasteiger partial charge is 0.303 e. The number of unbranched alkanes of at least 4 members (excludes halogenated alkanes) is 2. The zero-order valence-electron chi connectivity index (χ0n) is 15.8. The largest absolute Gasteiger partial charge is 0.481 e. The number of piperazine rings is 1. The highest BCUT2D eigenvalue weighted by molar-refractivity contribution is 5.66. The van der Waals surface area contributed by atoms with E-state index in [1.165, 1.54) is 22.4 Å². The van der Waals surface area contributed by atoms with E-state index in [1.54, 1.807) is 0 Å². The Labute approximate surface area is 161 Å². The lowest BCUT2D eigenvalue weighted by Gasteiger charge is -2.43. The van der Waals surface area contributed by atoms with Gasteiger partial charge in [0.15, 0.2) is 0 Å². The number of aliphatic carboxylic acids is 1. The van der Waals surface area contributed by atoms with Gasteiger partial charge in [-0.2, -0.15) is 0 Å². The van der Waals surface area contributed by atoms with E-state index in [4.69, 9.17) is 5.11 Å². The van der Waals surface area contributed by atoms with Crippen LogP contribution in [0.3, 0.4) is 0 Å². The third-order valence-corrected chi connectivity index (χ3v) is 5.93. The van der Waals surface area contributed by atoms with Crippen LogP contribution in [0.25, 0.3) is 0 Å². The van der Waals surface area contributed by atoms with Crippen LogP contribution >= 0.6 is 0 Å². The van der Waals surface area contributed by atoms with Crippen LogP contribution in [0, 0.1) is 0 Å². The Morgan fingerprint density at radius 1 is 0.963 bits per heavy atom. The fraction of sp³-hybridized carbons (Fsp3) is 0.435. The van der Waals surface area contributed by atoms with Crippen LogP contribution in [0.4, 0.5) is 5.69 Å². The molecule has 27 heavy (non-hydrogen) atoms. The molecule has 0 unspecified atom stereocenters. The average molecular weight is 364 g/mol. The van der Waals surface area contributed by atoms with Crippen LogP contribution in [0.15, 0.2) is 48.5 Å². The first kappa shape index (κ1) is 18.1. The topological polar surface area (TPSA) is 43.8 Å². The fourth-order valence-corrected chi connectivity index (χ4v) is 4.55. The number of carbonyl (C=O) groups is 1. The second-order valence-electron chi connectivity index (χ2n) is 7.72. The summed E-state index contributed by atoms with van der Waals surface area (Å²) < 4.78 is 0. The number of benzene rings is 2. The molecule has 2 aromatic carbocycles. The molecule has 0 saturated carbocycles. The molecule has 0 aromatic heterocycles. The summed E-state index contributed by atoms with van der Waals surface area (Å²) >= 11 is 0. The van der Waals surface area contributed by atoms with Crippen molar-refractivity contribution in [2.75, 3.05) is 31.1 Å². The van der Waals surface area contributed by atoms with E-state index in [9.17, 15) is 4.79 Å². The lowest BCUT2D eigenvalue weighted by Crippen LogP contribution is -2.48. The van der Waals surface area contributed by atoms with Crippen LogP contribution in [-0.4, -0.2) is 42.2 Å². The molecular formula is C23H28N2O2. The van der Waals surface area contributed by atoms with Gasteiger partial charge in [0.25, 0.3) is 0 Å². The van der Waals surface area contributed by atoms with Gasteiger partial charge in [0.1, 0.15) is 0 Å². The molecule has 142 valence electrons. The minimum absolute atomic E-state index is 0.292. The Morgan fingerprint density at radius 3 is 2.59 bits per heavy atom. The van der Waals surface area contributed by atoms with Crippen molar-refractivity contribution in [3.05, 3.63) is 65.2 Å². The molecule has 0 bridgehead atoms. The van der Waals surface area contributed by atoms with Crippen molar-refractivity contribution in [3.63, 3.8) is 0 Å². The van der Waals surface area contributed by atoms with E-state index < -0.39 is 5.97 Å². The SMILES string of the molecule is O=C(O)CCCCCN1CCN2c3ccccc3Cc3ccccc3[C@H]2C1. The van der Waals surface area contributed by atoms with Crippen LogP contribution in [0.5, 0.6) is 0 Å². The highest BCUT2D eigenvalue weighted by atomic mass is 16.4. The normalized spacial score (nSPS) is 19.0. The first-order valence-corrected chi connectivity index (χ1v) is 10.1. The number of rotatable bonds is 6. The molecule has 0 radical (unpaired) electrons. The molecule has 4 rings (SSSR count). The molecule has 0 aliphatic carbocycles. The van der Waals surface area contributed by atoms with Gasteiger partial charge in [-0.3, -0.25) is 9.69 Å². The first-order valence-electron chi connectivity index (χ1n) is 10.1. The standard InChI is InChI=1S/C23H28N2O2/c26-23(27)12-2-1-7-13-24-14-15-25-21-11-6-4-9-19(21)16-18-8-3-5-10-20(18)22(25)17-24/h3-6,8-11,22H,1-2,7,12-17H2,(H,26,27)/t22-/m1/s1. The van der Waals surface area contributed by atoms with Gasteiger partial charge in [-0.1, -0.05) is 48.9 Å². The van der Waals surface area contributed by atoms with E-state index >= 15 is 0 Å². The van der Waals surface area contributed by atoms with E-state index in [2.05, 4.69) is 58.3 Å². The van der Waals surface area contributed by atoms with Crippen molar-refractivity contribution in [2.24, 2.45) is 0 Å². The molecule has 1 fully saturated rings. The quantitative estimate of drug-likeness (QED) is 0.784. The molecule has 4 heteroatoms. The Hall–Kier alpha value is -2.33.